The van der Waals surface area contributed by atoms with Crippen LogP contribution in [0.4, 0.5) is 5.69 Å². The van der Waals surface area contributed by atoms with E-state index in [0.717, 1.165) is 0 Å². The number of nitrogens with zero attached hydrogens (tertiary/aromatic N) is 1. The maximum Gasteiger partial charge on any atom is 0.254 e. The van der Waals surface area contributed by atoms with Gasteiger partial charge in [-0.1, -0.05) is 26.8 Å². The molecule has 0 aromatic heterocycles. The zero-order chi connectivity index (χ0) is 17.9. The minimum atomic E-state index is -0.786. The zero-order valence-electron chi connectivity index (χ0n) is 14.2. The van der Waals surface area contributed by atoms with Crippen LogP contribution < -0.4 is 11.1 Å². The van der Waals surface area contributed by atoms with Crippen LogP contribution in [0.15, 0.2) is 24.3 Å². The minimum absolute atomic E-state index is 0.132. The zero-order valence-corrected chi connectivity index (χ0v) is 14.2. The highest BCUT2D eigenvalue weighted by Crippen LogP contribution is 2.19. The first-order valence-corrected chi connectivity index (χ1v) is 7.80. The Bertz CT molecular complexity index is 651. The molecule has 1 atom stereocenters. The summed E-state index contributed by atoms with van der Waals surface area (Å²) in [4.78, 5) is 37.4. The van der Waals surface area contributed by atoms with Crippen LogP contribution in [0.1, 0.15) is 31.1 Å². The predicted molar refractivity (Wildman–Crippen MR) is 89.4 cm³/mol. The average Bonchev–Trinajstić information content (AvgIpc) is 2.53. The highest BCUT2D eigenvalue weighted by Gasteiger charge is 2.28. The van der Waals surface area contributed by atoms with Crippen LogP contribution in [0.5, 0.6) is 0 Å². The number of carbonyl (C=O) groups is 3. The molecule has 3 amide bonds. The van der Waals surface area contributed by atoms with Gasteiger partial charge in [-0.15, -0.1) is 0 Å². The molecule has 1 aliphatic rings. The number of benzene rings is 1. The van der Waals surface area contributed by atoms with Crippen LogP contribution in [0, 0.1) is 5.41 Å². The van der Waals surface area contributed by atoms with Gasteiger partial charge < -0.3 is 20.7 Å². The van der Waals surface area contributed by atoms with Gasteiger partial charge in [0.25, 0.3) is 5.91 Å². The molecule has 24 heavy (non-hydrogen) atoms. The summed E-state index contributed by atoms with van der Waals surface area (Å²) in [6.45, 7) is 6.23. The van der Waals surface area contributed by atoms with Gasteiger partial charge in [0, 0.05) is 23.2 Å². The molecule has 0 radical (unpaired) electrons. The van der Waals surface area contributed by atoms with Crippen molar-refractivity contribution in [3.05, 3.63) is 29.8 Å². The lowest BCUT2D eigenvalue weighted by Crippen LogP contribution is -2.50. The van der Waals surface area contributed by atoms with Crippen molar-refractivity contribution in [1.82, 2.24) is 4.90 Å². The molecule has 7 nitrogen and oxygen atoms in total. The smallest absolute Gasteiger partial charge is 0.254 e. The van der Waals surface area contributed by atoms with Crippen LogP contribution in [0.3, 0.4) is 0 Å². The normalized spacial score (nSPS) is 18.1. The second kappa shape index (κ2) is 7.00. The number of morpholine rings is 1. The summed E-state index contributed by atoms with van der Waals surface area (Å²) < 4.78 is 5.24. The summed E-state index contributed by atoms with van der Waals surface area (Å²) in [6.07, 6.45) is -0.786. The Labute approximate surface area is 141 Å². The molecule has 0 bridgehead atoms. The third kappa shape index (κ3) is 4.32. The average molecular weight is 333 g/mol. The van der Waals surface area contributed by atoms with Crippen molar-refractivity contribution in [2.45, 2.75) is 26.9 Å². The lowest BCUT2D eigenvalue weighted by molar-refractivity contribution is -0.133. The monoisotopic (exact) mass is 333 g/mol. The van der Waals surface area contributed by atoms with E-state index >= 15 is 0 Å². The molecule has 0 spiro atoms. The number of amides is 3. The molecule has 0 saturated carbocycles. The lowest BCUT2D eigenvalue weighted by atomic mass is 9.95. The Morgan fingerprint density at radius 2 is 2.00 bits per heavy atom. The summed E-state index contributed by atoms with van der Waals surface area (Å²) in [6, 6.07) is 6.73. The van der Waals surface area contributed by atoms with E-state index in [0.29, 0.717) is 17.8 Å². The molecule has 1 saturated heterocycles. The summed E-state index contributed by atoms with van der Waals surface area (Å²) in [5.41, 5.74) is 5.70. The van der Waals surface area contributed by atoms with Crippen LogP contribution >= 0.6 is 0 Å². The first-order chi connectivity index (χ1) is 11.2. The molecule has 1 aromatic carbocycles. The van der Waals surface area contributed by atoms with E-state index in [2.05, 4.69) is 5.32 Å². The highest BCUT2D eigenvalue weighted by atomic mass is 16.5. The third-order valence-electron chi connectivity index (χ3n) is 3.72. The van der Waals surface area contributed by atoms with E-state index in [4.69, 9.17) is 10.5 Å². The number of hydrogen-bond donors (Lipinski definition) is 2. The summed E-state index contributed by atoms with van der Waals surface area (Å²) in [5.74, 6) is -0.942. The van der Waals surface area contributed by atoms with Crippen molar-refractivity contribution < 1.29 is 19.1 Å². The molecule has 1 aliphatic heterocycles. The van der Waals surface area contributed by atoms with Crippen molar-refractivity contribution >= 4 is 23.4 Å². The fraction of sp³-hybridized carbons (Fsp3) is 0.471. The van der Waals surface area contributed by atoms with Gasteiger partial charge in [-0.25, -0.2) is 0 Å². The van der Waals surface area contributed by atoms with Crippen molar-refractivity contribution in [3.63, 3.8) is 0 Å². The van der Waals surface area contributed by atoms with Gasteiger partial charge >= 0.3 is 0 Å². The van der Waals surface area contributed by atoms with E-state index in [1.807, 2.05) is 20.8 Å². The van der Waals surface area contributed by atoms with Crippen molar-refractivity contribution in [3.8, 4) is 0 Å². The van der Waals surface area contributed by atoms with E-state index in [1.54, 1.807) is 24.3 Å². The van der Waals surface area contributed by atoms with Gasteiger partial charge in [-0.05, 0) is 18.2 Å². The number of nitrogens with two attached hydrogens (primary N) is 1. The van der Waals surface area contributed by atoms with Gasteiger partial charge in [-0.3, -0.25) is 14.4 Å². The molecular weight excluding hydrogens is 310 g/mol. The molecule has 1 aromatic rings. The van der Waals surface area contributed by atoms with Crippen LogP contribution in [-0.2, 0) is 14.3 Å². The first-order valence-electron chi connectivity index (χ1n) is 7.80. The van der Waals surface area contributed by atoms with Gasteiger partial charge in [0.05, 0.1) is 13.2 Å². The second-order valence-corrected chi connectivity index (χ2v) is 6.80. The largest absolute Gasteiger partial charge is 0.367 e. The van der Waals surface area contributed by atoms with Crippen LogP contribution in [0.2, 0.25) is 0 Å². The molecule has 1 heterocycles. The van der Waals surface area contributed by atoms with E-state index in [1.165, 1.54) is 4.90 Å². The molecule has 7 heteroatoms. The Morgan fingerprint density at radius 3 is 2.62 bits per heavy atom. The maximum absolute atomic E-state index is 12.6. The number of primary amides is 1. The number of ether oxygens (including phenoxy) is 1. The SMILES string of the molecule is CC(C)(C)C(=O)Nc1cccc(C(=O)N2CCO[C@@H](C(N)=O)C2)c1. The van der Waals surface area contributed by atoms with E-state index in [9.17, 15) is 14.4 Å². The summed E-state index contributed by atoms with van der Waals surface area (Å²) in [5, 5.41) is 2.80. The lowest BCUT2D eigenvalue weighted by Gasteiger charge is -2.31. The summed E-state index contributed by atoms with van der Waals surface area (Å²) in [7, 11) is 0. The number of anilines is 1. The van der Waals surface area contributed by atoms with E-state index < -0.39 is 17.4 Å². The van der Waals surface area contributed by atoms with Gasteiger partial charge in [-0.2, -0.15) is 0 Å². The molecule has 0 aliphatic carbocycles. The summed E-state index contributed by atoms with van der Waals surface area (Å²) >= 11 is 0. The standard InChI is InChI=1S/C17H23N3O4/c1-17(2,3)16(23)19-12-6-4-5-11(9-12)15(22)20-7-8-24-13(10-20)14(18)21/h4-6,9,13H,7-8,10H2,1-3H3,(H2,18,21)(H,19,23)/t13-/m1/s1. The first kappa shape index (κ1) is 17.9. The van der Waals surface area contributed by atoms with E-state index in [-0.39, 0.29) is 25.0 Å². The number of carbonyl (C=O) groups excluding carboxylic acids is 3. The molecular formula is C17H23N3O4. The molecule has 0 unspecified atom stereocenters. The highest BCUT2D eigenvalue weighted by molar-refractivity contribution is 5.98. The fourth-order valence-corrected chi connectivity index (χ4v) is 2.24. The maximum atomic E-state index is 12.6. The Hall–Kier alpha value is -2.41. The van der Waals surface area contributed by atoms with Crippen molar-refractivity contribution in [2.75, 3.05) is 25.0 Å². The van der Waals surface area contributed by atoms with Gasteiger partial charge in [0.2, 0.25) is 11.8 Å². The molecule has 130 valence electrons. The number of hydrogen-bond acceptors (Lipinski definition) is 4. The molecule has 2 rings (SSSR count). The minimum Gasteiger partial charge on any atom is -0.367 e. The second-order valence-electron chi connectivity index (χ2n) is 6.80. The third-order valence-corrected chi connectivity index (χ3v) is 3.72. The Balaban J connectivity index is 2.11. The van der Waals surface area contributed by atoms with Crippen LogP contribution in [-0.4, -0.2) is 48.4 Å². The van der Waals surface area contributed by atoms with Gasteiger partial charge in [0.15, 0.2) is 6.10 Å². The molecule has 1 fully saturated rings. The van der Waals surface area contributed by atoms with Crippen molar-refractivity contribution in [2.24, 2.45) is 11.1 Å². The fourth-order valence-electron chi connectivity index (χ4n) is 2.24. The quantitative estimate of drug-likeness (QED) is 0.861. The topological polar surface area (TPSA) is 102 Å². The molecule has 3 N–H and O–H groups in total. The Morgan fingerprint density at radius 1 is 1.29 bits per heavy atom. The predicted octanol–water partition coefficient (Wildman–Crippen LogP) is 0.998. The number of nitrogens with one attached hydrogen (secondary N) is 1. The van der Waals surface area contributed by atoms with Gasteiger partial charge in [0.1, 0.15) is 0 Å². The van der Waals surface area contributed by atoms with Crippen molar-refractivity contribution in [1.29, 1.82) is 0 Å². The Kier molecular flexibility index (Phi) is 5.23. The number of rotatable bonds is 3. The van der Waals surface area contributed by atoms with Crippen LogP contribution in [0.25, 0.3) is 0 Å².